The number of thioether (sulfide) groups is 1. The standard InChI is InChI=1S/C21H20N2O2S2/c1-15-6-8-17(9-7-15)25-13-20-22-16(14-27-20)12-21(24)23-10-11-26-19-5-3-2-4-18(19)23/h2-9,14H,10-13H2,1H3. The van der Waals surface area contributed by atoms with Gasteiger partial charge in [-0.05, 0) is 31.2 Å². The molecule has 0 saturated carbocycles. The van der Waals surface area contributed by atoms with Gasteiger partial charge < -0.3 is 9.64 Å². The van der Waals surface area contributed by atoms with Crippen LogP contribution in [0.3, 0.4) is 0 Å². The van der Waals surface area contributed by atoms with Crippen LogP contribution in [0, 0.1) is 6.92 Å². The van der Waals surface area contributed by atoms with Gasteiger partial charge >= 0.3 is 0 Å². The average molecular weight is 397 g/mol. The average Bonchev–Trinajstić information content (AvgIpc) is 3.14. The number of ether oxygens (including phenoxy) is 1. The third-order valence-electron chi connectivity index (χ3n) is 4.34. The van der Waals surface area contributed by atoms with E-state index in [1.54, 1.807) is 11.8 Å². The topological polar surface area (TPSA) is 42.4 Å². The SMILES string of the molecule is Cc1ccc(OCc2nc(CC(=O)N3CCSc4ccccc43)cs2)cc1. The van der Waals surface area contributed by atoms with E-state index in [9.17, 15) is 4.79 Å². The van der Waals surface area contributed by atoms with Crippen LogP contribution in [0.1, 0.15) is 16.3 Å². The molecule has 1 aliphatic heterocycles. The molecule has 1 aliphatic rings. The zero-order valence-corrected chi connectivity index (χ0v) is 16.7. The molecular formula is C21H20N2O2S2. The lowest BCUT2D eigenvalue weighted by molar-refractivity contribution is -0.118. The molecule has 138 valence electrons. The van der Waals surface area contributed by atoms with Gasteiger partial charge in [-0.3, -0.25) is 4.79 Å². The Bertz CT molecular complexity index is 937. The molecule has 0 N–H and O–H groups in total. The van der Waals surface area contributed by atoms with Crippen molar-refractivity contribution in [2.24, 2.45) is 0 Å². The molecule has 2 aromatic carbocycles. The second kappa shape index (κ2) is 8.15. The van der Waals surface area contributed by atoms with E-state index in [4.69, 9.17) is 4.74 Å². The van der Waals surface area contributed by atoms with Gasteiger partial charge in [0, 0.05) is 22.6 Å². The summed E-state index contributed by atoms with van der Waals surface area (Å²) in [7, 11) is 0. The first kappa shape index (κ1) is 18.1. The number of rotatable bonds is 5. The van der Waals surface area contributed by atoms with Gasteiger partial charge in [-0.25, -0.2) is 4.98 Å². The molecule has 4 nitrogen and oxygen atoms in total. The summed E-state index contributed by atoms with van der Waals surface area (Å²) >= 11 is 3.34. The third-order valence-corrected chi connectivity index (χ3v) is 6.26. The van der Waals surface area contributed by atoms with Crippen molar-refractivity contribution in [2.75, 3.05) is 17.2 Å². The van der Waals surface area contributed by atoms with E-state index in [0.29, 0.717) is 13.0 Å². The lowest BCUT2D eigenvalue weighted by Gasteiger charge is -2.28. The first-order chi connectivity index (χ1) is 13.2. The lowest BCUT2D eigenvalue weighted by Crippen LogP contribution is -2.36. The first-order valence-corrected chi connectivity index (χ1v) is 10.7. The van der Waals surface area contributed by atoms with E-state index in [1.165, 1.54) is 21.8 Å². The molecule has 0 bridgehead atoms. The number of hydrogen-bond acceptors (Lipinski definition) is 5. The Morgan fingerprint density at radius 2 is 2.00 bits per heavy atom. The highest BCUT2D eigenvalue weighted by molar-refractivity contribution is 7.99. The van der Waals surface area contributed by atoms with Crippen molar-refractivity contribution in [3.8, 4) is 5.75 Å². The summed E-state index contributed by atoms with van der Waals surface area (Å²) in [5.74, 6) is 1.85. The Balaban J connectivity index is 1.38. The van der Waals surface area contributed by atoms with Crippen LogP contribution >= 0.6 is 23.1 Å². The number of nitrogens with zero attached hydrogens (tertiary/aromatic N) is 2. The largest absolute Gasteiger partial charge is 0.486 e. The van der Waals surface area contributed by atoms with Crippen LogP contribution in [0.15, 0.2) is 58.8 Å². The molecule has 6 heteroatoms. The molecule has 0 radical (unpaired) electrons. The summed E-state index contributed by atoms with van der Waals surface area (Å²) < 4.78 is 5.78. The van der Waals surface area contributed by atoms with E-state index in [1.807, 2.05) is 59.7 Å². The van der Waals surface area contributed by atoms with Gasteiger partial charge in [0.1, 0.15) is 17.4 Å². The van der Waals surface area contributed by atoms with Gasteiger partial charge in [0.2, 0.25) is 5.91 Å². The number of anilines is 1. The van der Waals surface area contributed by atoms with Crippen molar-refractivity contribution >= 4 is 34.7 Å². The smallest absolute Gasteiger partial charge is 0.233 e. The number of hydrogen-bond donors (Lipinski definition) is 0. The first-order valence-electron chi connectivity index (χ1n) is 8.84. The number of aryl methyl sites for hydroxylation is 1. The maximum absolute atomic E-state index is 12.8. The predicted octanol–water partition coefficient (Wildman–Crippen LogP) is 4.71. The minimum absolute atomic E-state index is 0.0963. The number of fused-ring (bicyclic) bond motifs is 1. The fraction of sp³-hybridized carbons (Fsp3) is 0.238. The summed E-state index contributed by atoms with van der Waals surface area (Å²) in [6, 6.07) is 16.0. The minimum Gasteiger partial charge on any atom is -0.486 e. The summed E-state index contributed by atoms with van der Waals surface area (Å²) in [6.07, 6.45) is 0.319. The molecular weight excluding hydrogens is 376 g/mol. The van der Waals surface area contributed by atoms with Gasteiger partial charge in [-0.1, -0.05) is 29.8 Å². The molecule has 4 rings (SSSR count). The molecule has 0 saturated heterocycles. The van der Waals surface area contributed by atoms with Crippen LogP contribution in [0.25, 0.3) is 0 Å². The Morgan fingerprint density at radius 1 is 1.19 bits per heavy atom. The van der Waals surface area contributed by atoms with Crippen molar-refractivity contribution in [1.29, 1.82) is 0 Å². The highest BCUT2D eigenvalue weighted by atomic mass is 32.2. The van der Waals surface area contributed by atoms with E-state index >= 15 is 0 Å². The highest BCUT2D eigenvalue weighted by Gasteiger charge is 2.23. The molecule has 0 aliphatic carbocycles. The molecule has 2 heterocycles. The van der Waals surface area contributed by atoms with Crippen LogP contribution in [0.5, 0.6) is 5.75 Å². The van der Waals surface area contributed by atoms with Crippen molar-refractivity contribution in [1.82, 2.24) is 4.98 Å². The normalized spacial score (nSPS) is 13.3. The van der Waals surface area contributed by atoms with Crippen LogP contribution in [0.4, 0.5) is 5.69 Å². The fourth-order valence-corrected chi connectivity index (χ4v) is 4.65. The Morgan fingerprint density at radius 3 is 2.85 bits per heavy atom. The van der Waals surface area contributed by atoms with Crippen LogP contribution in [-0.4, -0.2) is 23.2 Å². The van der Waals surface area contributed by atoms with Crippen molar-refractivity contribution in [2.45, 2.75) is 24.8 Å². The van der Waals surface area contributed by atoms with E-state index in [0.717, 1.165) is 34.4 Å². The lowest BCUT2D eigenvalue weighted by atomic mass is 10.2. The van der Waals surface area contributed by atoms with Crippen LogP contribution in [0.2, 0.25) is 0 Å². The predicted molar refractivity (Wildman–Crippen MR) is 111 cm³/mol. The molecule has 0 fully saturated rings. The second-order valence-electron chi connectivity index (χ2n) is 6.37. The zero-order valence-electron chi connectivity index (χ0n) is 15.1. The van der Waals surface area contributed by atoms with Gasteiger partial charge in [-0.15, -0.1) is 23.1 Å². The number of para-hydroxylation sites is 1. The molecule has 0 spiro atoms. The summed E-state index contributed by atoms with van der Waals surface area (Å²) in [6.45, 7) is 3.21. The molecule has 27 heavy (non-hydrogen) atoms. The maximum Gasteiger partial charge on any atom is 0.233 e. The maximum atomic E-state index is 12.8. The Kier molecular flexibility index (Phi) is 5.45. The van der Waals surface area contributed by atoms with Gasteiger partial charge in [0.15, 0.2) is 0 Å². The number of amides is 1. The minimum atomic E-state index is 0.0963. The number of carbonyl (C=O) groups is 1. The number of benzene rings is 2. The summed E-state index contributed by atoms with van der Waals surface area (Å²) in [4.78, 5) is 20.4. The van der Waals surface area contributed by atoms with E-state index < -0.39 is 0 Å². The van der Waals surface area contributed by atoms with Crippen LogP contribution < -0.4 is 9.64 Å². The number of thiazole rings is 1. The molecule has 0 unspecified atom stereocenters. The van der Waals surface area contributed by atoms with Gasteiger partial charge in [-0.2, -0.15) is 0 Å². The fourth-order valence-electron chi connectivity index (χ4n) is 2.95. The Labute approximate surface area is 167 Å². The third kappa shape index (κ3) is 4.34. The van der Waals surface area contributed by atoms with Crippen LogP contribution in [-0.2, 0) is 17.8 Å². The monoisotopic (exact) mass is 396 g/mol. The summed E-state index contributed by atoms with van der Waals surface area (Å²) in [5.41, 5.74) is 3.02. The summed E-state index contributed by atoms with van der Waals surface area (Å²) in [5, 5.41) is 2.84. The molecule has 3 aromatic rings. The van der Waals surface area contributed by atoms with Crippen molar-refractivity contribution in [3.63, 3.8) is 0 Å². The number of aromatic nitrogens is 1. The molecule has 0 atom stereocenters. The quantitative estimate of drug-likeness (QED) is 0.626. The molecule has 1 aromatic heterocycles. The van der Waals surface area contributed by atoms with Crippen molar-refractivity contribution < 1.29 is 9.53 Å². The van der Waals surface area contributed by atoms with Gasteiger partial charge in [0.05, 0.1) is 17.8 Å². The molecule has 1 amide bonds. The highest BCUT2D eigenvalue weighted by Crippen LogP contribution is 2.34. The van der Waals surface area contributed by atoms with E-state index in [2.05, 4.69) is 11.1 Å². The Hall–Kier alpha value is -2.31. The number of carbonyl (C=O) groups excluding carboxylic acids is 1. The van der Waals surface area contributed by atoms with Gasteiger partial charge in [0.25, 0.3) is 0 Å². The van der Waals surface area contributed by atoms with Crippen molar-refractivity contribution in [3.05, 3.63) is 70.2 Å². The zero-order chi connectivity index (χ0) is 18.6. The van der Waals surface area contributed by atoms with E-state index in [-0.39, 0.29) is 5.91 Å². The second-order valence-corrected chi connectivity index (χ2v) is 8.45.